The van der Waals surface area contributed by atoms with E-state index in [0.29, 0.717) is 48.0 Å². The number of amides is 3. The average molecular weight is 704 g/mol. The number of carbonyl (C=O) groups excluding carboxylic acids is 3. The van der Waals surface area contributed by atoms with Crippen molar-refractivity contribution >= 4 is 29.1 Å². The summed E-state index contributed by atoms with van der Waals surface area (Å²) in [6, 6.07) is 20.9. The maximum Gasteiger partial charge on any atom is 0.255 e. The molecule has 0 spiro atoms. The fourth-order valence-corrected chi connectivity index (χ4v) is 9.76. The molecule has 0 radical (unpaired) electrons. The van der Waals surface area contributed by atoms with Gasteiger partial charge in [-0.15, -0.1) is 0 Å². The highest BCUT2D eigenvalue weighted by molar-refractivity contribution is 6.05. The van der Waals surface area contributed by atoms with Crippen LogP contribution >= 0.6 is 0 Å². The van der Waals surface area contributed by atoms with Crippen LogP contribution in [0.25, 0.3) is 0 Å². The van der Waals surface area contributed by atoms with Crippen molar-refractivity contribution in [1.29, 1.82) is 0 Å². The highest BCUT2D eigenvalue weighted by atomic mass is 16.3. The van der Waals surface area contributed by atoms with Crippen LogP contribution in [0.2, 0.25) is 0 Å². The Morgan fingerprint density at radius 2 is 1.50 bits per heavy atom. The summed E-state index contributed by atoms with van der Waals surface area (Å²) in [6.07, 6.45) is 6.51. The second-order valence-corrected chi connectivity index (χ2v) is 16.3. The minimum absolute atomic E-state index is 0.118. The number of fused-ring (bicyclic) bond motifs is 2. The average Bonchev–Trinajstić information content (AvgIpc) is 3.47. The summed E-state index contributed by atoms with van der Waals surface area (Å²) in [7, 11) is 0. The lowest BCUT2D eigenvalue weighted by molar-refractivity contribution is -0.136. The van der Waals surface area contributed by atoms with Gasteiger partial charge in [-0.2, -0.15) is 0 Å². The van der Waals surface area contributed by atoms with Gasteiger partial charge in [-0.05, 0) is 121 Å². The van der Waals surface area contributed by atoms with Gasteiger partial charge in [0.2, 0.25) is 11.8 Å². The maximum absolute atomic E-state index is 13.1. The number of aryl methyl sites for hydroxylation is 1. The molecular weight excluding hydrogens is 651 g/mol. The van der Waals surface area contributed by atoms with E-state index >= 15 is 0 Å². The van der Waals surface area contributed by atoms with E-state index < -0.39 is 6.04 Å². The third kappa shape index (κ3) is 7.04. The fraction of sp³-hybridized carbons (Fsp3) is 0.512. The van der Waals surface area contributed by atoms with E-state index in [1.54, 1.807) is 4.90 Å². The Hall–Kier alpha value is -4.37. The molecule has 0 bridgehead atoms. The summed E-state index contributed by atoms with van der Waals surface area (Å²) >= 11 is 0. The summed E-state index contributed by atoms with van der Waals surface area (Å²) in [4.78, 5) is 46.4. The van der Waals surface area contributed by atoms with Crippen molar-refractivity contribution in [3.05, 3.63) is 88.5 Å². The molecule has 9 heteroatoms. The number of phenols is 1. The Kier molecular flexibility index (Phi) is 9.72. The zero-order valence-corrected chi connectivity index (χ0v) is 30.7. The Morgan fingerprint density at radius 1 is 0.769 bits per heavy atom. The number of nitrogens with zero attached hydrogens (tertiary/aromatic N) is 4. The number of hydrogen-bond acceptors (Lipinski definition) is 7. The van der Waals surface area contributed by atoms with Crippen molar-refractivity contribution in [1.82, 2.24) is 15.1 Å². The van der Waals surface area contributed by atoms with Crippen molar-refractivity contribution in [2.45, 2.75) is 77.3 Å². The predicted molar refractivity (Wildman–Crippen MR) is 204 cm³/mol. The molecule has 4 heterocycles. The maximum atomic E-state index is 13.1. The molecule has 3 amide bonds. The first-order valence-corrected chi connectivity index (χ1v) is 19.6. The van der Waals surface area contributed by atoms with Crippen molar-refractivity contribution < 1.29 is 19.5 Å². The van der Waals surface area contributed by atoms with E-state index in [1.165, 1.54) is 48.1 Å². The molecule has 274 valence electrons. The number of phenolic OH excluding ortho intramolecular Hbond substituents is 1. The van der Waals surface area contributed by atoms with E-state index in [0.717, 1.165) is 63.5 Å². The number of rotatable bonds is 8. The molecule has 3 fully saturated rings. The molecule has 5 aliphatic rings. The third-order valence-corrected chi connectivity index (χ3v) is 12.5. The van der Waals surface area contributed by atoms with E-state index in [2.05, 4.69) is 70.3 Å². The molecule has 1 aliphatic carbocycles. The number of piperazine rings is 1. The Labute approximate surface area is 308 Å². The Bertz CT molecular complexity index is 1810. The van der Waals surface area contributed by atoms with Crippen LogP contribution in [0.5, 0.6) is 5.75 Å². The van der Waals surface area contributed by atoms with Crippen LogP contribution in [0.3, 0.4) is 0 Å². The van der Waals surface area contributed by atoms with Crippen molar-refractivity contribution in [2.24, 2.45) is 17.8 Å². The lowest BCUT2D eigenvalue weighted by Crippen LogP contribution is -2.52. The summed E-state index contributed by atoms with van der Waals surface area (Å²) in [5.41, 5.74) is 8.20. The van der Waals surface area contributed by atoms with E-state index in [9.17, 15) is 19.5 Å². The number of hydrogen-bond donors (Lipinski definition) is 2. The molecule has 52 heavy (non-hydrogen) atoms. The zero-order valence-electron chi connectivity index (χ0n) is 30.7. The molecule has 3 atom stereocenters. The van der Waals surface area contributed by atoms with Crippen LogP contribution in [-0.4, -0.2) is 84.5 Å². The molecule has 0 saturated carbocycles. The van der Waals surface area contributed by atoms with Gasteiger partial charge in [0.25, 0.3) is 5.91 Å². The van der Waals surface area contributed by atoms with Crippen LogP contribution in [0.15, 0.2) is 60.7 Å². The number of imide groups is 1. The lowest BCUT2D eigenvalue weighted by atomic mass is 9.69. The Balaban J connectivity index is 0.825. The van der Waals surface area contributed by atoms with Gasteiger partial charge < -0.3 is 19.8 Å². The van der Waals surface area contributed by atoms with Gasteiger partial charge in [0, 0.05) is 81.6 Å². The quantitative estimate of drug-likeness (QED) is 0.281. The van der Waals surface area contributed by atoms with Crippen molar-refractivity contribution in [3.63, 3.8) is 0 Å². The van der Waals surface area contributed by atoms with Gasteiger partial charge in [-0.3, -0.25) is 24.6 Å². The van der Waals surface area contributed by atoms with Gasteiger partial charge in [0.15, 0.2) is 0 Å². The van der Waals surface area contributed by atoms with Crippen LogP contribution in [0, 0.1) is 17.8 Å². The zero-order chi connectivity index (χ0) is 35.9. The SMILES string of the molecule is CC(C)C[C@H]1CCc2cc(O)ccc2[C@H]1c1ccc(N2CCC(CN3CCN(c4ccc5c(c4)CN([C@@H]4CCC(=O)NC4=O)C5=O)CC3)CC2)cc1. The summed E-state index contributed by atoms with van der Waals surface area (Å²) in [6.45, 7) is 12.4. The van der Waals surface area contributed by atoms with E-state index in [1.807, 2.05) is 24.3 Å². The van der Waals surface area contributed by atoms with Crippen molar-refractivity contribution in [3.8, 4) is 5.75 Å². The number of piperidine rings is 2. The molecule has 3 saturated heterocycles. The summed E-state index contributed by atoms with van der Waals surface area (Å²) in [5.74, 6) is 2.00. The number of benzene rings is 3. The van der Waals surface area contributed by atoms with E-state index in [-0.39, 0.29) is 24.1 Å². The number of nitrogens with one attached hydrogen (secondary N) is 1. The van der Waals surface area contributed by atoms with Crippen molar-refractivity contribution in [2.75, 3.05) is 55.6 Å². The standard InChI is InChI=1S/C43H53N5O4/c1-28(2)23-32-4-3-31-25-36(49)10-12-37(31)41(32)30-5-7-34(8-6-30)46-17-15-29(16-18-46)26-45-19-21-47(22-20-45)35-9-11-38-33(24-35)27-48(43(38)52)39-13-14-40(50)44-42(39)51/h5-12,24-25,28-29,32,39,41,49H,3-4,13-23,26-27H2,1-2H3,(H,44,50,51)/t32-,39-,41+/m1/s1. The Morgan fingerprint density at radius 3 is 2.23 bits per heavy atom. The molecule has 3 aromatic carbocycles. The van der Waals surface area contributed by atoms with Gasteiger partial charge in [0.1, 0.15) is 11.8 Å². The number of aromatic hydroxyl groups is 1. The first-order chi connectivity index (χ1) is 25.2. The van der Waals surface area contributed by atoms with Gasteiger partial charge in [-0.1, -0.05) is 32.0 Å². The fourth-order valence-electron chi connectivity index (χ4n) is 9.76. The molecule has 3 aromatic rings. The molecule has 4 aliphatic heterocycles. The van der Waals surface area contributed by atoms with Gasteiger partial charge in [-0.25, -0.2) is 0 Å². The highest BCUT2D eigenvalue weighted by Crippen LogP contribution is 2.45. The number of anilines is 2. The first-order valence-electron chi connectivity index (χ1n) is 19.6. The topological polar surface area (TPSA) is 96.4 Å². The highest BCUT2D eigenvalue weighted by Gasteiger charge is 2.39. The largest absolute Gasteiger partial charge is 0.508 e. The van der Waals surface area contributed by atoms with Crippen LogP contribution in [-0.2, 0) is 22.6 Å². The molecule has 0 aromatic heterocycles. The lowest BCUT2D eigenvalue weighted by Gasteiger charge is -2.40. The summed E-state index contributed by atoms with van der Waals surface area (Å²) < 4.78 is 0. The second-order valence-electron chi connectivity index (χ2n) is 16.3. The van der Waals surface area contributed by atoms with Gasteiger partial charge in [0.05, 0.1) is 0 Å². The smallest absolute Gasteiger partial charge is 0.255 e. The minimum Gasteiger partial charge on any atom is -0.508 e. The molecule has 2 N–H and O–H groups in total. The molecule has 0 unspecified atom stereocenters. The second kappa shape index (κ2) is 14.6. The molecule has 9 nitrogen and oxygen atoms in total. The predicted octanol–water partition coefficient (Wildman–Crippen LogP) is 5.93. The molecular formula is C43H53N5O4. The van der Waals surface area contributed by atoms with Crippen LogP contribution in [0.4, 0.5) is 11.4 Å². The van der Waals surface area contributed by atoms with Gasteiger partial charge >= 0.3 is 0 Å². The number of carbonyl (C=O) groups is 3. The van der Waals surface area contributed by atoms with E-state index in [4.69, 9.17) is 0 Å². The monoisotopic (exact) mass is 703 g/mol. The third-order valence-electron chi connectivity index (χ3n) is 12.5. The molecule has 8 rings (SSSR count). The van der Waals surface area contributed by atoms with Crippen LogP contribution in [0.1, 0.15) is 90.9 Å². The minimum atomic E-state index is -0.581. The first kappa shape index (κ1) is 34.7. The van der Waals surface area contributed by atoms with Crippen LogP contribution < -0.4 is 15.1 Å². The summed E-state index contributed by atoms with van der Waals surface area (Å²) in [5, 5.41) is 12.5. The normalized spacial score (nSPS) is 24.3.